The van der Waals surface area contributed by atoms with Crippen LogP contribution in [-0.2, 0) is 11.4 Å². The predicted molar refractivity (Wildman–Crippen MR) is 139 cm³/mol. The van der Waals surface area contributed by atoms with Gasteiger partial charge in [-0.05, 0) is 85.6 Å². The number of carbonyl (C=O) groups excluding carboxylic acids is 2. The maximum absolute atomic E-state index is 12.4. The lowest BCUT2D eigenvalue weighted by Crippen LogP contribution is -2.20. The summed E-state index contributed by atoms with van der Waals surface area (Å²) in [5.41, 5.74) is 2.54. The van der Waals surface area contributed by atoms with E-state index in [2.05, 4.69) is 48.2 Å². The van der Waals surface area contributed by atoms with Crippen LogP contribution in [0.25, 0.3) is 6.08 Å². The summed E-state index contributed by atoms with van der Waals surface area (Å²) in [7, 11) is 0. The van der Waals surface area contributed by atoms with Crippen LogP contribution in [0.2, 0.25) is 0 Å². The lowest BCUT2D eigenvalue weighted by atomic mass is 10.1. The number of amidine groups is 1. The van der Waals surface area contributed by atoms with Crippen molar-refractivity contribution in [2.75, 3.05) is 0 Å². The minimum absolute atomic E-state index is 0.231. The Bertz CT molecular complexity index is 1360. The lowest BCUT2D eigenvalue weighted by Gasteiger charge is -2.12. The molecule has 2 amide bonds. The smallest absolute Gasteiger partial charge is 0.279 e. The number of halogens is 2. The number of amides is 2. The Morgan fingerprint density at radius 1 is 1.09 bits per heavy atom. The highest BCUT2D eigenvalue weighted by atomic mass is 79.9. The van der Waals surface area contributed by atoms with Crippen molar-refractivity contribution in [3.05, 3.63) is 103 Å². The monoisotopic (exact) mass is 595 g/mol. The molecular formula is C25H15Br2N3O3S. The number of hydrogen-bond donors (Lipinski definition) is 1. The molecule has 6 nitrogen and oxygen atoms in total. The van der Waals surface area contributed by atoms with Crippen LogP contribution < -0.4 is 10.1 Å². The Kier molecular flexibility index (Phi) is 7.63. The van der Waals surface area contributed by atoms with Gasteiger partial charge >= 0.3 is 0 Å². The summed E-state index contributed by atoms with van der Waals surface area (Å²) >= 11 is 8.14. The predicted octanol–water partition coefficient (Wildman–Crippen LogP) is 6.06. The second-order valence-corrected chi connectivity index (χ2v) is 9.76. The van der Waals surface area contributed by atoms with Crippen LogP contribution in [-0.4, -0.2) is 17.0 Å². The Labute approximate surface area is 217 Å². The summed E-state index contributed by atoms with van der Waals surface area (Å²) < 4.78 is 7.30. The van der Waals surface area contributed by atoms with E-state index in [1.807, 2.05) is 30.3 Å². The van der Waals surface area contributed by atoms with Crippen molar-refractivity contribution in [2.45, 2.75) is 6.61 Å². The molecule has 0 saturated carbocycles. The third-order valence-electron chi connectivity index (χ3n) is 4.70. The number of nitriles is 1. The standard InChI is InChI=1S/C25H15Br2N3O3S/c26-19-10-15(11-20(27)22(19)33-14-18-9-5-4-8-17(18)13-28)12-21-24(32)30-25(34-21)29-23(31)16-6-2-1-3-7-16/h1-12H,14H2,(H,29,30,31,32)/b21-12-. The van der Waals surface area contributed by atoms with Gasteiger partial charge in [0, 0.05) is 11.1 Å². The second kappa shape index (κ2) is 10.8. The van der Waals surface area contributed by atoms with Crippen molar-refractivity contribution < 1.29 is 14.3 Å². The van der Waals surface area contributed by atoms with Gasteiger partial charge < -0.3 is 10.1 Å². The van der Waals surface area contributed by atoms with Crippen LogP contribution in [0, 0.1) is 11.3 Å². The number of thioether (sulfide) groups is 1. The molecular weight excluding hydrogens is 582 g/mol. The average molecular weight is 597 g/mol. The molecule has 0 spiro atoms. The van der Waals surface area contributed by atoms with Gasteiger partial charge in [0.05, 0.1) is 25.5 Å². The maximum Gasteiger partial charge on any atom is 0.279 e. The molecule has 1 aliphatic rings. The van der Waals surface area contributed by atoms with Gasteiger partial charge in [-0.1, -0.05) is 36.4 Å². The molecule has 1 fully saturated rings. The van der Waals surface area contributed by atoms with E-state index in [0.717, 1.165) is 22.9 Å². The third kappa shape index (κ3) is 5.65. The Morgan fingerprint density at radius 2 is 1.76 bits per heavy atom. The number of nitrogens with zero attached hydrogens (tertiary/aromatic N) is 2. The summed E-state index contributed by atoms with van der Waals surface area (Å²) in [5.74, 6) is -0.172. The van der Waals surface area contributed by atoms with Crippen molar-refractivity contribution in [1.82, 2.24) is 5.32 Å². The van der Waals surface area contributed by atoms with Crippen LogP contribution in [0.1, 0.15) is 27.0 Å². The fourth-order valence-electron chi connectivity index (χ4n) is 3.08. The fraction of sp³-hybridized carbons (Fsp3) is 0.0400. The summed E-state index contributed by atoms with van der Waals surface area (Å²) in [6.07, 6.45) is 1.71. The lowest BCUT2D eigenvalue weighted by molar-refractivity contribution is -0.115. The molecule has 3 aromatic carbocycles. The van der Waals surface area contributed by atoms with Crippen LogP contribution in [0.4, 0.5) is 0 Å². The quantitative estimate of drug-likeness (QED) is 0.361. The van der Waals surface area contributed by atoms with Gasteiger partial charge in [0.2, 0.25) is 0 Å². The third-order valence-corrected chi connectivity index (χ3v) is 6.79. The molecule has 1 aliphatic heterocycles. The number of ether oxygens (including phenoxy) is 1. The van der Waals surface area contributed by atoms with Crippen molar-refractivity contribution in [1.29, 1.82) is 5.26 Å². The van der Waals surface area contributed by atoms with Crippen LogP contribution in [0.3, 0.4) is 0 Å². The van der Waals surface area contributed by atoms with E-state index < -0.39 is 5.91 Å². The Balaban J connectivity index is 1.50. The molecule has 3 aromatic rings. The molecule has 1 N–H and O–H groups in total. The molecule has 0 atom stereocenters. The first-order valence-corrected chi connectivity index (χ1v) is 12.3. The Morgan fingerprint density at radius 3 is 2.47 bits per heavy atom. The zero-order valence-electron chi connectivity index (χ0n) is 17.4. The largest absolute Gasteiger partial charge is 0.486 e. The molecule has 0 bridgehead atoms. The van der Waals surface area contributed by atoms with Gasteiger partial charge in [0.25, 0.3) is 11.8 Å². The number of rotatable bonds is 5. The SMILES string of the molecule is N#Cc1ccccc1COc1c(Br)cc(/C=C2\SC(=NC(=O)c3ccccc3)NC2=O)cc1Br. The minimum atomic E-state index is -0.422. The fourth-order valence-corrected chi connectivity index (χ4v) is 5.35. The molecule has 4 rings (SSSR count). The van der Waals surface area contributed by atoms with E-state index in [4.69, 9.17) is 4.74 Å². The first-order chi connectivity index (χ1) is 16.4. The molecule has 1 heterocycles. The first-order valence-electron chi connectivity index (χ1n) is 9.93. The van der Waals surface area contributed by atoms with Gasteiger partial charge in [-0.2, -0.15) is 10.3 Å². The van der Waals surface area contributed by atoms with Crippen LogP contribution in [0.5, 0.6) is 5.75 Å². The number of aliphatic imine (C=N–C) groups is 1. The molecule has 0 radical (unpaired) electrons. The molecule has 34 heavy (non-hydrogen) atoms. The summed E-state index contributed by atoms with van der Waals surface area (Å²) in [6, 6.07) is 21.7. The summed E-state index contributed by atoms with van der Waals surface area (Å²) in [5, 5.41) is 12.1. The van der Waals surface area contributed by atoms with Gasteiger partial charge in [-0.3, -0.25) is 9.59 Å². The van der Waals surface area contributed by atoms with Crippen LogP contribution in [0.15, 0.2) is 85.6 Å². The molecule has 0 aromatic heterocycles. The average Bonchev–Trinajstić information content (AvgIpc) is 3.17. The maximum atomic E-state index is 12.4. The summed E-state index contributed by atoms with van der Waals surface area (Å²) in [6.45, 7) is 0.231. The van der Waals surface area contributed by atoms with Crippen molar-refractivity contribution in [3.63, 3.8) is 0 Å². The summed E-state index contributed by atoms with van der Waals surface area (Å²) in [4.78, 5) is 29.1. The van der Waals surface area contributed by atoms with E-state index in [9.17, 15) is 14.9 Å². The molecule has 168 valence electrons. The van der Waals surface area contributed by atoms with Crippen LogP contribution >= 0.6 is 43.6 Å². The second-order valence-electron chi connectivity index (χ2n) is 7.02. The van der Waals surface area contributed by atoms with Gasteiger partial charge in [-0.25, -0.2) is 0 Å². The van der Waals surface area contributed by atoms with Crippen molar-refractivity contribution in [3.8, 4) is 11.8 Å². The highest BCUT2D eigenvalue weighted by Crippen LogP contribution is 2.37. The van der Waals surface area contributed by atoms with Gasteiger partial charge in [0.15, 0.2) is 5.17 Å². The van der Waals surface area contributed by atoms with E-state index in [1.165, 1.54) is 0 Å². The number of hydrogen-bond acceptors (Lipinski definition) is 5. The molecule has 1 saturated heterocycles. The molecule has 9 heteroatoms. The number of carbonyl (C=O) groups is 2. The van der Waals surface area contributed by atoms with E-state index in [1.54, 1.807) is 42.5 Å². The van der Waals surface area contributed by atoms with Gasteiger partial charge in [-0.15, -0.1) is 0 Å². The topological polar surface area (TPSA) is 91.5 Å². The highest BCUT2D eigenvalue weighted by Gasteiger charge is 2.25. The normalized spacial score (nSPS) is 15.3. The zero-order chi connectivity index (χ0) is 24.1. The van der Waals surface area contributed by atoms with Crippen molar-refractivity contribution >= 4 is 66.7 Å². The van der Waals surface area contributed by atoms with Crippen molar-refractivity contribution in [2.24, 2.45) is 4.99 Å². The zero-order valence-corrected chi connectivity index (χ0v) is 21.4. The van der Waals surface area contributed by atoms with Gasteiger partial charge in [0.1, 0.15) is 12.4 Å². The number of benzene rings is 3. The molecule has 0 aliphatic carbocycles. The number of nitrogens with one attached hydrogen (secondary N) is 1. The highest BCUT2D eigenvalue weighted by molar-refractivity contribution is 9.11. The first kappa shape index (κ1) is 24.0. The minimum Gasteiger partial charge on any atom is -0.486 e. The molecule has 0 unspecified atom stereocenters. The van der Waals surface area contributed by atoms with E-state index in [0.29, 0.717) is 30.7 Å². The van der Waals surface area contributed by atoms with E-state index >= 15 is 0 Å². The Hall–Kier alpha value is -3.19. The van der Waals surface area contributed by atoms with E-state index in [-0.39, 0.29) is 17.7 Å².